The van der Waals surface area contributed by atoms with Crippen LogP contribution < -0.4 is 10.2 Å². The predicted molar refractivity (Wildman–Crippen MR) is 103 cm³/mol. The molecule has 1 aromatic heterocycles. The Labute approximate surface area is 150 Å². The second-order valence-electron chi connectivity index (χ2n) is 7.34. The fraction of sp³-hybridized carbons (Fsp3) is 0.476. The minimum absolute atomic E-state index is 0.636. The Morgan fingerprint density at radius 2 is 1.60 bits per heavy atom. The molecule has 0 radical (unpaired) electrons. The Bertz CT molecular complexity index is 637. The standard InChI is InChI=1S/C21H28N4/c1-2-4-21(5-3-1)25-15-10-20(17-25)23-19-8-13-24(14-9-19)16-18-6-11-22-12-7-18/h1-7,11-12,19-20,23H,8-10,13-17H2/t20-/m1/s1. The highest BCUT2D eigenvalue weighted by molar-refractivity contribution is 5.47. The van der Waals surface area contributed by atoms with Crippen molar-refractivity contribution in [2.45, 2.75) is 37.9 Å². The molecule has 1 aromatic carbocycles. The second-order valence-corrected chi connectivity index (χ2v) is 7.34. The molecule has 0 unspecified atom stereocenters. The number of hydrogen-bond donors (Lipinski definition) is 1. The zero-order chi connectivity index (χ0) is 16.9. The predicted octanol–water partition coefficient (Wildman–Crippen LogP) is 2.91. The van der Waals surface area contributed by atoms with Crippen molar-refractivity contribution in [1.29, 1.82) is 0 Å². The molecule has 3 heterocycles. The maximum absolute atomic E-state index is 4.10. The molecule has 4 heteroatoms. The van der Waals surface area contributed by atoms with Gasteiger partial charge in [-0.05, 0) is 62.2 Å². The van der Waals surface area contributed by atoms with Crippen molar-refractivity contribution < 1.29 is 0 Å². The van der Waals surface area contributed by atoms with Crippen LogP contribution in [0.25, 0.3) is 0 Å². The van der Waals surface area contributed by atoms with E-state index in [9.17, 15) is 0 Å². The lowest BCUT2D eigenvalue weighted by Gasteiger charge is -2.34. The molecule has 2 aliphatic rings. The van der Waals surface area contributed by atoms with Crippen LogP contribution in [0.2, 0.25) is 0 Å². The van der Waals surface area contributed by atoms with Gasteiger partial charge in [-0.25, -0.2) is 0 Å². The summed E-state index contributed by atoms with van der Waals surface area (Å²) in [6.07, 6.45) is 7.55. The van der Waals surface area contributed by atoms with Crippen LogP contribution in [0.3, 0.4) is 0 Å². The number of aromatic nitrogens is 1. The van der Waals surface area contributed by atoms with Crippen molar-refractivity contribution in [3.8, 4) is 0 Å². The van der Waals surface area contributed by atoms with Crippen molar-refractivity contribution in [2.24, 2.45) is 0 Å². The summed E-state index contributed by atoms with van der Waals surface area (Å²) in [6.45, 7) is 5.74. The molecule has 0 spiro atoms. The molecule has 4 rings (SSSR count). The first-order valence-corrected chi connectivity index (χ1v) is 9.54. The first kappa shape index (κ1) is 16.6. The minimum atomic E-state index is 0.636. The highest BCUT2D eigenvalue weighted by atomic mass is 15.2. The minimum Gasteiger partial charge on any atom is -0.370 e. The molecule has 2 fully saturated rings. The van der Waals surface area contributed by atoms with Gasteiger partial charge < -0.3 is 10.2 Å². The summed E-state index contributed by atoms with van der Waals surface area (Å²) in [4.78, 5) is 9.18. The van der Waals surface area contributed by atoms with Gasteiger partial charge in [0.1, 0.15) is 0 Å². The van der Waals surface area contributed by atoms with Crippen LogP contribution in [-0.4, -0.2) is 48.1 Å². The van der Waals surface area contributed by atoms with Crippen molar-refractivity contribution >= 4 is 5.69 Å². The van der Waals surface area contributed by atoms with E-state index in [1.807, 2.05) is 12.4 Å². The molecule has 2 saturated heterocycles. The summed E-state index contributed by atoms with van der Waals surface area (Å²) in [5.41, 5.74) is 2.73. The number of anilines is 1. The van der Waals surface area contributed by atoms with Crippen molar-refractivity contribution in [2.75, 3.05) is 31.1 Å². The summed E-state index contributed by atoms with van der Waals surface area (Å²) in [5, 5.41) is 3.92. The van der Waals surface area contributed by atoms with Gasteiger partial charge in [0.2, 0.25) is 0 Å². The Hall–Kier alpha value is -1.91. The van der Waals surface area contributed by atoms with Crippen LogP contribution in [0.15, 0.2) is 54.9 Å². The fourth-order valence-corrected chi connectivity index (χ4v) is 4.11. The van der Waals surface area contributed by atoms with Gasteiger partial charge in [0.15, 0.2) is 0 Å². The molecule has 0 amide bonds. The molecule has 2 aliphatic heterocycles. The topological polar surface area (TPSA) is 31.4 Å². The van der Waals surface area contributed by atoms with E-state index in [0.29, 0.717) is 12.1 Å². The summed E-state index contributed by atoms with van der Waals surface area (Å²) in [5.74, 6) is 0. The third-order valence-corrected chi connectivity index (χ3v) is 5.52. The Morgan fingerprint density at radius 3 is 2.36 bits per heavy atom. The van der Waals surface area contributed by atoms with E-state index in [2.05, 4.69) is 62.6 Å². The van der Waals surface area contributed by atoms with Gasteiger partial charge in [-0.1, -0.05) is 18.2 Å². The number of rotatable bonds is 5. The molecule has 25 heavy (non-hydrogen) atoms. The van der Waals surface area contributed by atoms with Gasteiger partial charge >= 0.3 is 0 Å². The Kier molecular flexibility index (Phi) is 5.28. The average molecular weight is 336 g/mol. The molecule has 0 saturated carbocycles. The Balaban J connectivity index is 1.22. The summed E-state index contributed by atoms with van der Waals surface area (Å²) < 4.78 is 0. The quantitative estimate of drug-likeness (QED) is 0.910. The van der Waals surface area contributed by atoms with Crippen LogP contribution >= 0.6 is 0 Å². The smallest absolute Gasteiger partial charge is 0.0366 e. The number of nitrogens with one attached hydrogen (secondary N) is 1. The van der Waals surface area contributed by atoms with E-state index in [1.54, 1.807) is 0 Å². The SMILES string of the molecule is c1ccc(N2CC[C@@H](NC3CCN(Cc4ccncc4)CC3)C2)cc1. The third kappa shape index (κ3) is 4.39. The highest BCUT2D eigenvalue weighted by Gasteiger charge is 2.26. The first-order chi connectivity index (χ1) is 12.4. The van der Waals surface area contributed by atoms with Crippen LogP contribution in [0.5, 0.6) is 0 Å². The van der Waals surface area contributed by atoms with Crippen LogP contribution in [0, 0.1) is 0 Å². The summed E-state index contributed by atoms with van der Waals surface area (Å²) in [7, 11) is 0. The number of hydrogen-bond acceptors (Lipinski definition) is 4. The molecular weight excluding hydrogens is 308 g/mol. The maximum Gasteiger partial charge on any atom is 0.0366 e. The van der Waals surface area contributed by atoms with Gasteiger partial charge in [0.05, 0.1) is 0 Å². The average Bonchev–Trinajstić information content (AvgIpc) is 3.14. The van der Waals surface area contributed by atoms with E-state index >= 15 is 0 Å². The largest absolute Gasteiger partial charge is 0.370 e. The number of benzene rings is 1. The zero-order valence-corrected chi connectivity index (χ0v) is 14.8. The molecule has 132 valence electrons. The van der Waals surface area contributed by atoms with Crippen molar-refractivity contribution in [3.05, 3.63) is 60.4 Å². The number of likely N-dealkylation sites (tertiary alicyclic amines) is 1. The van der Waals surface area contributed by atoms with E-state index in [4.69, 9.17) is 0 Å². The second kappa shape index (κ2) is 7.98. The van der Waals surface area contributed by atoms with Gasteiger partial charge in [0, 0.05) is 49.8 Å². The number of pyridine rings is 1. The monoisotopic (exact) mass is 336 g/mol. The molecular formula is C21H28N4. The number of piperidine rings is 1. The normalized spacial score (nSPS) is 22.4. The lowest BCUT2D eigenvalue weighted by Crippen LogP contribution is -2.46. The van der Waals surface area contributed by atoms with E-state index < -0.39 is 0 Å². The molecule has 0 aliphatic carbocycles. The van der Waals surface area contributed by atoms with Crippen molar-refractivity contribution in [3.63, 3.8) is 0 Å². The van der Waals surface area contributed by atoms with Crippen LogP contribution in [-0.2, 0) is 6.54 Å². The summed E-state index contributed by atoms with van der Waals surface area (Å²) in [6, 6.07) is 16.4. The Morgan fingerprint density at radius 1 is 0.880 bits per heavy atom. The van der Waals surface area contributed by atoms with Crippen LogP contribution in [0.4, 0.5) is 5.69 Å². The highest BCUT2D eigenvalue weighted by Crippen LogP contribution is 2.21. The van der Waals surface area contributed by atoms with Crippen molar-refractivity contribution in [1.82, 2.24) is 15.2 Å². The third-order valence-electron chi connectivity index (χ3n) is 5.52. The molecule has 2 aromatic rings. The lowest BCUT2D eigenvalue weighted by atomic mass is 10.0. The number of nitrogens with zero attached hydrogens (tertiary/aromatic N) is 3. The van der Waals surface area contributed by atoms with E-state index in [-0.39, 0.29) is 0 Å². The maximum atomic E-state index is 4.10. The van der Waals surface area contributed by atoms with Crippen LogP contribution in [0.1, 0.15) is 24.8 Å². The van der Waals surface area contributed by atoms with Gasteiger partial charge in [-0.15, -0.1) is 0 Å². The first-order valence-electron chi connectivity index (χ1n) is 9.54. The van der Waals surface area contributed by atoms with Gasteiger partial charge in [0.25, 0.3) is 0 Å². The van der Waals surface area contributed by atoms with Gasteiger partial charge in [-0.3, -0.25) is 9.88 Å². The van der Waals surface area contributed by atoms with E-state index in [0.717, 1.165) is 13.1 Å². The molecule has 0 bridgehead atoms. The molecule has 4 nitrogen and oxygen atoms in total. The zero-order valence-electron chi connectivity index (χ0n) is 14.8. The fourth-order valence-electron chi connectivity index (χ4n) is 4.11. The molecule has 1 N–H and O–H groups in total. The molecule has 1 atom stereocenters. The van der Waals surface area contributed by atoms with Gasteiger partial charge in [-0.2, -0.15) is 0 Å². The number of para-hydroxylation sites is 1. The lowest BCUT2D eigenvalue weighted by molar-refractivity contribution is 0.185. The summed E-state index contributed by atoms with van der Waals surface area (Å²) >= 11 is 0. The van der Waals surface area contributed by atoms with E-state index in [1.165, 1.54) is 50.1 Å².